The molecule has 3 amide bonds. The van der Waals surface area contributed by atoms with Gasteiger partial charge in [-0.05, 0) is 12.1 Å². The van der Waals surface area contributed by atoms with Gasteiger partial charge in [-0.1, -0.05) is 36.4 Å². The van der Waals surface area contributed by atoms with Gasteiger partial charge in [0.05, 0.1) is 23.0 Å². The zero-order valence-corrected chi connectivity index (χ0v) is 13.1. The van der Waals surface area contributed by atoms with Crippen molar-refractivity contribution in [3.8, 4) is 0 Å². The summed E-state index contributed by atoms with van der Waals surface area (Å²) in [5.74, 6) is -1.36. The van der Waals surface area contributed by atoms with E-state index in [0.29, 0.717) is 16.8 Å². The summed E-state index contributed by atoms with van der Waals surface area (Å²) >= 11 is 0. The smallest absolute Gasteiger partial charge is 0.262 e. The largest absolute Gasteiger partial charge is 0.323 e. The van der Waals surface area contributed by atoms with Gasteiger partial charge in [0.15, 0.2) is 0 Å². The molecule has 6 nitrogen and oxygen atoms in total. The molecule has 0 saturated heterocycles. The summed E-state index contributed by atoms with van der Waals surface area (Å²) in [7, 11) is 0. The topological polar surface area (TPSA) is 79.4 Å². The minimum atomic E-state index is -0.452. The molecular weight excluding hydrogens is 318 g/mol. The van der Waals surface area contributed by atoms with Crippen molar-refractivity contribution >= 4 is 34.2 Å². The van der Waals surface area contributed by atoms with Crippen LogP contribution in [0.15, 0.2) is 60.9 Å². The van der Waals surface area contributed by atoms with Crippen LogP contribution in [0.5, 0.6) is 0 Å². The Morgan fingerprint density at radius 1 is 0.920 bits per heavy atom. The van der Waals surface area contributed by atoms with E-state index < -0.39 is 17.7 Å². The third-order valence-electron chi connectivity index (χ3n) is 4.12. The summed E-state index contributed by atoms with van der Waals surface area (Å²) in [4.78, 5) is 42.1. The first kappa shape index (κ1) is 15.0. The molecule has 1 N–H and O–H groups in total. The fourth-order valence-electron chi connectivity index (χ4n) is 2.93. The van der Waals surface area contributed by atoms with E-state index in [1.54, 1.807) is 36.7 Å². The fraction of sp³-hybridized carbons (Fsp3) is 0.0526. The molecule has 122 valence electrons. The number of nitrogens with zero attached hydrogens (tertiary/aromatic N) is 2. The lowest BCUT2D eigenvalue weighted by Gasteiger charge is -2.14. The summed E-state index contributed by atoms with van der Waals surface area (Å²) < 4.78 is 0. The van der Waals surface area contributed by atoms with Crippen LogP contribution in [0, 0.1) is 0 Å². The van der Waals surface area contributed by atoms with Crippen molar-refractivity contribution in [2.24, 2.45) is 0 Å². The van der Waals surface area contributed by atoms with Gasteiger partial charge in [0.25, 0.3) is 11.8 Å². The van der Waals surface area contributed by atoms with Crippen LogP contribution in [-0.4, -0.2) is 34.2 Å². The average Bonchev–Trinajstić information content (AvgIpc) is 2.87. The van der Waals surface area contributed by atoms with Gasteiger partial charge in [-0.2, -0.15) is 0 Å². The number of pyridine rings is 1. The maximum Gasteiger partial charge on any atom is 0.262 e. The molecule has 0 fully saturated rings. The summed E-state index contributed by atoms with van der Waals surface area (Å²) in [6, 6.07) is 14.1. The number of aromatic nitrogens is 1. The minimum Gasteiger partial charge on any atom is -0.323 e. The Kier molecular flexibility index (Phi) is 3.50. The molecule has 0 unspecified atom stereocenters. The maximum atomic E-state index is 12.4. The molecule has 0 radical (unpaired) electrons. The molecule has 25 heavy (non-hydrogen) atoms. The summed E-state index contributed by atoms with van der Waals surface area (Å²) in [5.41, 5.74) is 1.19. The van der Waals surface area contributed by atoms with Crippen LogP contribution in [0.1, 0.15) is 20.7 Å². The highest BCUT2D eigenvalue weighted by Gasteiger charge is 2.36. The second-order valence-corrected chi connectivity index (χ2v) is 5.70. The molecule has 0 spiro atoms. The van der Waals surface area contributed by atoms with E-state index in [1.165, 1.54) is 0 Å². The van der Waals surface area contributed by atoms with Gasteiger partial charge in [-0.25, -0.2) is 0 Å². The van der Waals surface area contributed by atoms with Crippen molar-refractivity contribution in [1.29, 1.82) is 0 Å². The molecule has 6 heteroatoms. The van der Waals surface area contributed by atoms with E-state index >= 15 is 0 Å². The molecule has 0 bridgehead atoms. The Balaban J connectivity index is 1.55. The monoisotopic (exact) mass is 331 g/mol. The molecule has 2 heterocycles. The number of amides is 3. The van der Waals surface area contributed by atoms with Crippen molar-refractivity contribution in [2.45, 2.75) is 0 Å². The van der Waals surface area contributed by atoms with Crippen molar-refractivity contribution in [2.75, 3.05) is 11.9 Å². The highest BCUT2D eigenvalue weighted by Crippen LogP contribution is 2.24. The molecule has 1 aliphatic rings. The van der Waals surface area contributed by atoms with Gasteiger partial charge < -0.3 is 5.32 Å². The first-order valence-corrected chi connectivity index (χ1v) is 7.73. The third kappa shape index (κ3) is 2.53. The van der Waals surface area contributed by atoms with Gasteiger partial charge in [0.2, 0.25) is 5.91 Å². The molecular formula is C19H13N3O3. The Bertz CT molecular complexity index is 989. The van der Waals surface area contributed by atoms with Gasteiger partial charge >= 0.3 is 0 Å². The van der Waals surface area contributed by atoms with Crippen LogP contribution in [0.3, 0.4) is 0 Å². The zero-order valence-electron chi connectivity index (χ0n) is 13.1. The minimum absolute atomic E-state index is 0.326. The van der Waals surface area contributed by atoms with Gasteiger partial charge in [-0.3, -0.25) is 24.3 Å². The number of anilines is 1. The highest BCUT2D eigenvalue weighted by atomic mass is 16.2. The number of fused-ring (bicyclic) bond motifs is 2. The number of carbonyl (C=O) groups is 3. The Hall–Kier alpha value is -3.54. The van der Waals surface area contributed by atoms with Crippen LogP contribution in [0.25, 0.3) is 10.8 Å². The predicted molar refractivity (Wildman–Crippen MR) is 92.2 cm³/mol. The summed E-state index contributed by atoms with van der Waals surface area (Å²) in [6.45, 7) is -0.338. The maximum absolute atomic E-state index is 12.4. The highest BCUT2D eigenvalue weighted by molar-refractivity contribution is 6.22. The summed E-state index contributed by atoms with van der Waals surface area (Å²) in [6.07, 6.45) is 3.25. The second-order valence-electron chi connectivity index (χ2n) is 5.70. The van der Waals surface area contributed by atoms with Crippen LogP contribution in [0.4, 0.5) is 5.69 Å². The number of imide groups is 1. The molecule has 0 aliphatic carbocycles. The lowest BCUT2D eigenvalue weighted by molar-refractivity contribution is -0.116. The molecule has 1 aromatic heterocycles. The van der Waals surface area contributed by atoms with E-state index in [1.807, 2.05) is 24.3 Å². The molecule has 2 aromatic carbocycles. The standard InChI is InChI=1S/C19H13N3O3/c23-17(21-16-10-20-9-12-5-1-2-6-13(12)16)11-22-18(24)14-7-3-4-8-15(14)19(22)25/h1-10H,11H2,(H,21,23). The average molecular weight is 331 g/mol. The Morgan fingerprint density at radius 2 is 1.56 bits per heavy atom. The number of hydrogen-bond donors (Lipinski definition) is 1. The van der Waals surface area contributed by atoms with Crippen LogP contribution in [0.2, 0.25) is 0 Å². The lowest BCUT2D eigenvalue weighted by atomic mass is 10.1. The SMILES string of the molecule is O=C(CN1C(=O)c2ccccc2C1=O)Nc1cncc2ccccc12. The third-order valence-corrected chi connectivity index (χ3v) is 4.12. The number of rotatable bonds is 3. The first-order valence-electron chi connectivity index (χ1n) is 7.73. The van der Waals surface area contributed by atoms with E-state index in [4.69, 9.17) is 0 Å². The Morgan fingerprint density at radius 3 is 2.28 bits per heavy atom. The van der Waals surface area contributed by atoms with Gasteiger partial charge in [-0.15, -0.1) is 0 Å². The molecule has 4 rings (SSSR count). The molecule has 3 aromatic rings. The van der Waals surface area contributed by atoms with Crippen molar-refractivity contribution < 1.29 is 14.4 Å². The lowest BCUT2D eigenvalue weighted by Crippen LogP contribution is -2.37. The fourth-order valence-corrected chi connectivity index (χ4v) is 2.93. The van der Waals surface area contributed by atoms with Gasteiger partial charge in [0, 0.05) is 17.0 Å². The first-order chi connectivity index (χ1) is 12.1. The van der Waals surface area contributed by atoms with E-state index in [2.05, 4.69) is 10.3 Å². The van der Waals surface area contributed by atoms with E-state index in [9.17, 15) is 14.4 Å². The predicted octanol–water partition coefficient (Wildman–Crippen LogP) is 2.47. The van der Waals surface area contributed by atoms with Crippen molar-refractivity contribution in [3.63, 3.8) is 0 Å². The quantitative estimate of drug-likeness (QED) is 0.748. The molecule has 0 saturated carbocycles. The summed E-state index contributed by atoms with van der Waals surface area (Å²) in [5, 5.41) is 4.46. The zero-order chi connectivity index (χ0) is 17.4. The van der Waals surface area contributed by atoms with Crippen molar-refractivity contribution in [3.05, 3.63) is 72.1 Å². The van der Waals surface area contributed by atoms with Gasteiger partial charge in [0.1, 0.15) is 6.54 Å². The number of benzene rings is 2. The number of carbonyl (C=O) groups excluding carboxylic acids is 3. The number of nitrogens with one attached hydrogen (secondary N) is 1. The molecule has 1 aliphatic heterocycles. The second kappa shape index (κ2) is 5.83. The van der Waals surface area contributed by atoms with E-state index in [-0.39, 0.29) is 6.54 Å². The number of hydrogen-bond acceptors (Lipinski definition) is 4. The Labute approximate surface area is 143 Å². The molecule has 0 atom stereocenters. The van der Waals surface area contributed by atoms with E-state index in [0.717, 1.165) is 15.7 Å². The van der Waals surface area contributed by atoms with Crippen LogP contribution in [-0.2, 0) is 4.79 Å². The van der Waals surface area contributed by atoms with Crippen LogP contribution < -0.4 is 5.32 Å². The normalized spacial score (nSPS) is 13.2. The van der Waals surface area contributed by atoms with Crippen molar-refractivity contribution in [1.82, 2.24) is 9.88 Å². The van der Waals surface area contributed by atoms with Crippen LogP contribution >= 0.6 is 0 Å².